The van der Waals surface area contributed by atoms with E-state index in [1.807, 2.05) is 0 Å². The molecule has 0 amide bonds. The van der Waals surface area contributed by atoms with Crippen molar-refractivity contribution in [3.05, 3.63) is 35.6 Å². The number of nitrogens with zero attached hydrogens (tertiary/aromatic N) is 2. The Morgan fingerprint density at radius 1 is 1.33 bits per heavy atom. The Hall–Kier alpha value is -1.62. The number of rotatable bonds is 5. The van der Waals surface area contributed by atoms with Gasteiger partial charge >= 0.3 is 0 Å². The highest BCUT2D eigenvalue weighted by Crippen LogP contribution is 2.18. The molecule has 0 aliphatic carbocycles. The van der Waals surface area contributed by atoms with Gasteiger partial charge in [-0.15, -0.1) is 0 Å². The number of benzene rings is 1. The molecule has 1 aliphatic heterocycles. The predicted molar refractivity (Wildman–Crippen MR) is 82.9 cm³/mol. The Balaban J connectivity index is 2.04. The second-order valence-corrected chi connectivity index (χ2v) is 5.16. The van der Waals surface area contributed by atoms with Crippen LogP contribution in [0.2, 0.25) is 0 Å². The molecule has 1 aromatic carbocycles. The number of nitrogens with one attached hydrogen (secondary N) is 1. The number of ether oxygens (including phenoxy) is 1. The molecule has 1 saturated heterocycles. The Morgan fingerprint density at radius 2 is 2.00 bits per heavy atom. The molecular weight excluding hydrogens is 269 g/mol. The van der Waals surface area contributed by atoms with Crippen molar-refractivity contribution in [1.82, 2.24) is 10.2 Å². The Kier molecular flexibility index (Phi) is 5.99. The van der Waals surface area contributed by atoms with Gasteiger partial charge in [-0.25, -0.2) is 4.39 Å². The van der Waals surface area contributed by atoms with Crippen LogP contribution in [0.15, 0.2) is 29.3 Å². The van der Waals surface area contributed by atoms with Crippen LogP contribution in [-0.2, 0) is 4.74 Å². The first-order chi connectivity index (χ1) is 10.2. The largest absolute Gasteiger partial charge is 0.375 e. The van der Waals surface area contributed by atoms with Crippen molar-refractivity contribution in [3.8, 4) is 0 Å². The van der Waals surface area contributed by atoms with E-state index in [-0.39, 0.29) is 11.9 Å². The molecule has 1 heterocycles. The molecule has 1 unspecified atom stereocenters. The lowest BCUT2D eigenvalue weighted by molar-refractivity contribution is 0.110. The first-order valence-electron chi connectivity index (χ1n) is 7.56. The van der Waals surface area contributed by atoms with E-state index >= 15 is 0 Å². The molecule has 0 aromatic heterocycles. The molecule has 4 nitrogen and oxygen atoms in total. The zero-order valence-corrected chi connectivity index (χ0v) is 12.8. The molecular formula is C16H24FN3O. The van der Waals surface area contributed by atoms with E-state index in [2.05, 4.69) is 22.1 Å². The molecule has 5 heteroatoms. The van der Waals surface area contributed by atoms with E-state index in [9.17, 15) is 4.39 Å². The zero-order valence-electron chi connectivity index (χ0n) is 12.8. The Morgan fingerprint density at radius 3 is 2.57 bits per heavy atom. The summed E-state index contributed by atoms with van der Waals surface area (Å²) in [6.45, 7) is 5.56. The van der Waals surface area contributed by atoms with E-state index in [4.69, 9.17) is 4.74 Å². The first kappa shape index (κ1) is 15.8. The number of methoxy groups -OCH3 is 1. The highest BCUT2D eigenvalue weighted by molar-refractivity contribution is 5.80. The summed E-state index contributed by atoms with van der Waals surface area (Å²) in [5, 5.41) is 3.32. The lowest BCUT2D eigenvalue weighted by Crippen LogP contribution is -2.39. The maximum Gasteiger partial charge on any atom is 0.194 e. The van der Waals surface area contributed by atoms with Crippen molar-refractivity contribution in [1.29, 1.82) is 0 Å². The van der Waals surface area contributed by atoms with Crippen LogP contribution in [0.3, 0.4) is 0 Å². The summed E-state index contributed by atoms with van der Waals surface area (Å²) in [5.41, 5.74) is 0.944. The van der Waals surface area contributed by atoms with E-state index in [0.717, 1.165) is 31.2 Å². The highest BCUT2D eigenvalue weighted by Gasteiger charge is 2.17. The smallest absolute Gasteiger partial charge is 0.194 e. The van der Waals surface area contributed by atoms with Crippen LogP contribution >= 0.6 is 0 Å². The maximum absolute atomic E-state index is 13.0. The molecule has 116 valence electrons. The summed E-state index contributed by atoms with van der Waals surface area (Å²) in [6, 6.07) is 6.41. The summed E-state index contributed by atoms with van der Waals surface area (Å²) in [7, 11) is 1.66. The summed E-state index contributed by atoms with van der Waals surface area (Å²) in [5.74, 6) is 0.710. The highest BCUT2D eigenvalue weighted by atomic mass is 19.1. The monoisotopic (exact) mass is 293 g/mol. The van der Waals surface area contributed by atoms with Crippen LogP contribution in [0.5, 0.6) is 0 Å². The lowest BCUT2D eigenvalue weighted by atomic mass is 10.1. The second-order valence-electron chi connectivity index (χ2n) is 5.16. The van der Waals surface area contributed by atoms with Gasteiger partial charge in [0.15, 0.2) is 5.96 Å². The van der Waals surface area contributed by atoms with Crippen molar-refractivity contribution in [2.24, 2.45) is 4.99 Å². The van der Waals surface area contributed by atoms with Gasteiger partial charge in [0.25, 0.3) is 0 Å². The topological polar surface area (TPSA) is 36.9 Å². The average Bonchev–Trinajstić information content (AvgIpc) is 3.02. The van der Waals surface area contributed by atoms with Gasteiger partial charge in [-0.3, -0.25) is 4.99 Å². The maximum atomic E-state index is 13.0. The number of hydrogen-bond donors (Lipinski definition) is 1. The van der Waals surface area contributed by atoms with Gasteiger partial charge in [0.1, 0.15) is 11.9 Å². The van der Waals surface area contributed by atoms with Gasteiger partial charge in [0.05, 0.1) is 6.54 Å². The molecule has 0 spiro atoms. The summed E-state index contributed by atoms with van der Waals surface area (Å²) in [6.07, 6.45) is 2.29. The van der Waals surface area contributed by atoms with Crippen molar-refractivity contribution in [2.45, 2.75) is 25.9 Å². The van der Waals surface area contributed by atoms with Gasteiger partial charge in [-0.2, -0.15) is 0 Å². The standard InChI is InChI=1S/C16H24FN3O/c1-3-18-16(20-10-4-5-11-20)19-12-15(21-2)13-6-8-14(17)9-7-13/h6-9,15H,3-5,10-12H2,1-2H3,(H,18,19). The van der Waals surface area contributed by atoms with Crippen LogP contribution in [0.25, 0.3) is 0 Å². The minimum atomic E-state index is -0.234. The molecule has 0 bridgehead atoms. The average molecular weight is 293 g/mol. The Bertz CT molecular complexity index is 455. The van der Waals surface area contributed by atoms with Gasteiger partial charge in [-0.1, -0.05) is 12.1 Å². The molecule has 1 fully saturated rings. The molecule has 1 aliphatic rings. The quantitative estimate of drug-likeness (QED) is 0.669. The summed E-state index contributed by atoms with van der Waals surface area (Å²) < 4.78 is 18.5. The SMILES string of the molecule is CCNC(=NCC(OC)c1ccc(F)cc1)N1CCCC1. The lowest BCUT2D eigenvalue weighted by Gasteiger charge is -2.22. The van der Waals surface area contributed by atoms with Crippen LogP contribution in [-0.4, -0.2) is 44.1 Å². The number of halogens is 1. The zero-order chi connectivity index (χ0) is 15.1. The fraction of sp³-hybridized carbons (Fsp3) is 0.562. The van der Waals surface area contributed by atoms with Gasteiger partial charge < -0.3 is 15.0 Å². The third-order valence-corrected chi connectivity index (χ3v) is 3.67. The number of aliphatic imine (C=N–C) groups is 1. The van der Waals surface area contributed by atoms with Gasteiger partial charge in [-0.05, 0) is 37.5 Å². The van der Waals surface area contributed by atoms with Crippen LogP contribution < -0.4 is 5.32 Å². The third-order valence-electron chi connectivity index (χ3n) is 3.67. The summed E-state index contributed by atoms with van der Waals surface area (Å²) >= 11 is 0. The molecule has 1 aromatic rings. The molecule has 2 rings (SSSR count). The van der Waals surface area contributed by atoms with E-state index in [0.29, 0.717) is 6.54 Å². The normalized spacial score (nSPS) is 17.1. The Labute approximate surface area is 126 Å². The van der Waals surface area contributed by atoms with Crippen molar-refractivity contribution in [2.75, 3.05) is 33.3 Å². The van der Waals surface area contributed by atoms with Crippen LogP contribution in [0.1, 0.15) is 31.4 Å². The minimum Gasteiger partial charge on any atom is -0.375 e. The van der Waals surface area contributed by atoms with Gasteiger partial charge in [0.2, 0.25) is 0 Å². The second kappa shape index (κ2) is 7.98. The van der Waals surface area contributed by atoms with E-state index in [1.54, 1.807) is 19.2 Å². The van der Waals surface area contributed by atoms with Crippen LogP contribution in [0.4, 0.5) is 4.39 Å². The molecule has 1 N–H and O–H groups in total. The predicted octanol–water partition coefficient (Wildman–Crippen LogP) is 2.57. The molecule has 21 heavy (non-hydrogen) atoms. The number of guanidine groups is 1. The molecule has 1 atom stereocenters. The van der Waals surface area contributed by atoms with Gasteiger partial charge in [0, 0.05) is 26.7 Å². The summed E-state index contributed by atoms with van der Waals surface area (Å²) in [4.78, 5) is 6.96. The van der Waals surface area contributed by atoms with Crippen molar-refractivity contribution < 1.29 is 9.13 Å². The fourth-order valence-corrected chi connectivity index (χ4v) is 2.52. The minimum absolute atomic E-state index is 0.151. The third kappa shape index (κ3) is 4.43. The van der Waals surface area contributed by atoms with E-state index < -0.39 is 0 Å². The van der Waals surface area contributed by atoms with E-state index in [1.165, 1.54) is 25.0 Å². The molecule has 0 radical (unpaired) electrons. The number of hydrogen-bond acceptors (Lipinski definition) is 2. The number of likely N-dealkylation sites (tertiary alicyclic amines) is 1. The first-order valence-corrected chi connectivity index (χ1v) is 7.56. The van der Waals surface area contributed by atoms with Crippen molar-refractivity contribution in [3.63, 3.8) is 0 Å². The van der Waals surface area contributed by atoms with Crippen molar-refractivity contribution >= 4 is 5.96 Å². The molecule has 0 saturated carbocycles. The van der Waals surface area contributed by atoms with Crippen LogP contribution in [0, 0.1) is 5.82 Å². The fourth-order valence-electron chi connectivity index (χ4n) is 2.52.